The highest BCUT2D eigenvalue weighted by Crippen LogP contribution is 2.11. The van der Waals surface area contributed by atoms with E-state index in [1.165, 1.54) is 5.56 Å². The zero-order chi connectivity index (χ0) is 11.3. The summed E-state index contributed by atoms with van der Waals surface area (Å²) in [5.74, 6) is 1.74. The minimum absolute atomic E-state index is 0.678. The first-order valence-electron chi connectivity index (χ1n) is 5.50. The monoisotopic (exact) mass is 210 g/mol. The summed E-state index contributed by atoms with van der Waals surface area (Å²) in [5.41, 5.74) is 1.27. The van der Waals surface area contributed by atoms with Crippen LogP contribution < -0.4 is 5.32 Å². The van der Waals surface area contributed by atoms with Gasteiger partial charge in [0.15, 0.2) is 0 Å². The highest BCUT2D eigenvalue weighted by Gasteiger charge is 2.06. The molecule has 0 saturated carbocycles. The van der Waals surface area contributed by atoms with Crippen molar-refractivity contribution < 1.29 is 4.42 Å². The summed E-state index contributed by atoms with van der Waals surface area (Å²) in [6, 6.07) is 2.05. The van der Waals surface area contributed by atoms with Crippen molar-refractivity contribution in [2.45, 2.75) is 26.9 Å². The second-order valence-electron chi connectivity index (χ2n) is 4.63. The van der Waals surface area contributed by atoms with E-state index < -0.39 is 0 Å². The number of nitrogens with one attached hydrogen (secondary N) is 1. The zero-order valence-corrected chi connectivity index (χ0v) is 10.2. The van der Waals surface area contributed by atoms with Crippen LogP contribution in [0.2, 0.25) is 0 Å². The number of hydrogen-bond acceptors (Lipinski definition) is 3. The smallest absolute Gasteiger partial charge is 0.122 e. The third kappa shape index (κ3) is 4.49. The molecule has 1 aromatic heterocycles. The van der Waals surface area contributed by atoms with Crippen molar-refractivity contribution in [3.05, 3.63) is 23.7 Å². The number of rotatable bonds is 6. The van der Waals surface area contributed by atoms with Crippen molar-refractivity contribution in [2.75, 3.05) is 20.6 Å². The molecule has 0 amide bonds. The van der Waals surface area contributed by atoms with Gasteiger partial charge in [-0.25, -0.2) is 0 Å². The molecule has 1 N–H and O–H groups in total. The highest BCUT2D eigenvalue weighted by molar-refractivity contribution is 5.16. The molecule has 0 aromatic carbocycles. The molecule has 0 bridgehead atoms. The molecule has 86 valence electrons. The Bertz CT molecular complexity index is 279. The van der Waals surface area contributed by atoms with Crippen molar-refractivity contribution in [3.63, 3.8) is 0 Å². The van der Waals surface area contributed by atoms with Gasteiger partial charge in [-0.3, -0.25) is 0 Å². The Labute approximate surface area is 92.5 Å². The molecular formula is C12H22N2O. The van der Waals surface area contributed by atoms with Gasteiger partial charge in [-0.1, -0.05) is 13.8 Å². The lowest BCUT2D eigenvalue weighted by Gasteiger charge is -2.10. The molecule has 0 spiro atoms. The first-order chi connectivity index (χ1) is 7.09. The Morgan fingerprint density at radius 2 is 2.13 bits per heavy atom. The number of hydrogen-bond donors (Lipinski definition) is 1. The van der Waals surface area contributed by atoms with E-state index in [9.17, 15) is 0 Å². The first kappa shape index (κ1) is 12.3. The predicted octanol–water partition coefficient (Wildman–Crippen LogP) is 2.09. The molecule has 3 heteroatoms. The van der Waals surface area contributed by atoms with E-state index >= 15 is 0 Å². The van der Waals surface area contributed by atoms with Crippen LogP contribution in [0, 0.1) is 5.92 Å². The average Bonchev–Trinajstić information content (AvgIpc) is 2.51. The minimum Gasteiger partial charge on any atom is -0.468 e. The van der Waals surface area contributed by atoms with Crippen LogP contribution in [-0.4, -0.2) is 25.5 Å². The van der Waals surface area contributed by atoms with Crippen LogP contribution in [0.15, 0.2) is 16.7 Å². The third-order valence-electron chi connectivity index (χ3n) is 2.16. The summed E-state index contributed by atoms with van der Waals surface area (Å²) in [4.78, 5) is 2.15. The molecule has 0 fully saturated rings. The fourth-order valence-corrected chi connectivity index (χ4v) is 1.48. The fourth-order valence-electron chi connectivity index (χ4n) is 1.48. The molecule has 0 aliphatic rings. The Morgan fingerprint density at radius 1 is 1.40 bits per heavy atom. The molecule has 1 rings (SSSR count). The molecule has 15 heavy (non-hydrogen) atoms. The van der Waals surface area contributed by atoms with Gasteiger partial charge in [0.1, 0.15) is 5.76 Å². The molecule has 3 nitrogen and oxygen atoms in total. The van der Waals surface area contributed by atoms with Crippen LogP contribution >= 0.6 is 0 Å². The van der Waals surface area contributed by atoms with Crippen molar-refractivity contribution in [1.82, 2.24) is 10.2 Å². The van der Waals surface area contributed by atoms with Gasteiger partial charge in [0.25, 0.3) is 0 Å². The normalized spacial score (nSPS) is 11.6. The topological polar surface area (TPSA) is 28.4 Å². The van der Waals surface area contributed by atoms with E-state index in [4.69, 9.17) is 4.42 Å². The van der Waals surface area contributed by atoms with Gasteiger partial charge >= 0.3 is 0 Å². The zero-order valence-electron chi connectivity index (χ0n) is 10.2. The summed E-state index contributed by atoms with van der Waals surface area (Å²) in [7, 11) is 4.14. The summed E-state index contributed by atoms with van der Waals surface area (Å²) in [5, 5.41) is 3.39. The lowest BCUT2D eigenvalue weighted by atomic mass is 10.2. The van der Waals surface area contributed by atoms with E-state index in [1.54, 1.807) is 6.26 Å². The van der Waals surface area contributed by atoms with Crippen molar-refractivity contribution in [2.24, 2.45) is 5.92 Å². The lowest BCUT2D eigenvalue weighted by molar-refractivity contribution is 0.390. The van der Waals surface area contributed by atoms with E-state index in [2.05, 4.69) is 38.2 Å². The van der Waals surface area contributed by atoms with E-state index in [-0.39, 0.29) is 0 Å². The summed E-state index contributed by atoms with van der Waals surface area (Å²) in [6.07, 6.45) is 1.77. The fraction of sp³-hybridized carbons (Fsp3) is 0.667. The Balaban J connectivity index is 2.43. The molecule has 1 aromatic rings. The molecule has 0 unspecified atom stereocenters. The Kier molecular flexibility index (Phi) is 4.85. The summed E-state index contributed by atoms with van der Waals surface area (Å²) >= 11 is 0. The van der Waals surface area contributed by atoms with Gasteiger partial charge in [0, 0.05) is 12.1 Å². The van der Waals surface area contributed by atoms with Gasteiger partial charge in [0.2, 0.25) is 0 Å². The van der Waals surface area contributed by atoms with E-state index in [0.717, 1.165) is 25.4 Å². The molecule has 0 radical (unpaired) electrons. The molecule has 0 aliphatic carbocycles. The van der Waals surface area contributed by atoms with Crippen molar-refractivity contribution in [3.8, 4) is 0 Å². The third-order valence-corrected chi connectivity index (χ3v) is 2.16. The van der Waals surface area contributed by atoms with Crippen LogP contribution in [0.1, 0.15) is 25.2 Å². The van der Waals surface area contributed by atoms with Gasteiger partial charge < -0.3 is 14.6 Å². The quantitative estimate of drug-likeness (QED) is 0.779. The lowest BCUT2D eigenvalue weighted by Crippen LogP contribution is -2.20. The minimum atomic E-state index is 0.678. The van der Waals surface area contributed by atoms with Crippen LogP contribution in [0.4, 0.5) is 0 Å². The van der Waals surface area contributed by atoms with Gasteiger partial charge in [-0.15, -0.1) is 0 Å². The maximum Gasteiger partial charge on any atom is 0.122 e. The van der Waals surface area contributed by atoms with Crippen molar-refractivity contribution >= 4 is 0 Å². The van der Waals surface area contributed by atoms with Crippen LogP contribution in [0.5, 0.6) is 0 Å². The van der Waals surface area contributed by atoms with Gasteiger partial charge in [0.05, 0.1) is 12.8 Å². The molecular weight excluding hydrogens is 188 g/mol. The second kappa shape index (κ2) is 5.93. The maximum atomic E-state index is 5.46. The van der Waals surface area contributed by atoms with Crippen LogP contribution in [-0.2, 0) is 13.1 Å². The van der Waals surface area contributed by atoms with E-state index in [1.807, 2.05) is 6.07 Å². The van der Waals surface area contributed by atoms with Crippen molar-refractivity contribution in [1.29, 1.82) is 0 Å². The van der Waals surface area contributed by atoms with Gasteiger partial charge in [-0.05, 0) is 32.6 Å². The molecule has 0 saturated heterocycles. The largest absolute Gasteiger partial charge is 0.468 e. The summed E-state index contributed by atoms with van der Waals surface area (Å²) in [6.45, 7) is 7.21. The molecule has 1 heterocycles. The molecule has 0 aliphatic heterocycles. The second-order valence-corrected chi connectivity index (χ2v) is 4.63. The molecule has 0 atom stereocenters. The number of nitrogens with zero attached hydrogens (tertiary/aromatic N) is 1. The van der Waals surface area contributed by atoms with E-state index in [0.29, 0.717) is 5.92 Å². The number of furan rings is 1. The SMILES string of the molecule is CC(C)CNCc1occc1CN(C)C. The standard InChI is InChI=1S/C12H22N2O/c1-10(2)7-13-8-12-11(5-6-15-12)9-14(3)4/h5-6,10,13H,7-9H2,1-4H3. The Morgan fingerprint density at radius 3 is 2.73 bits per heavy atom. The Hall–Kier alpha value is -0.800. The predicted molar refractivity (Wildman–Crippen MR) is 62.6 cm³/mol. The average molecular weight is 210 g/mol. The van der Waals surface area contributed by atoms with Crippen LogP contribution in [0.25, 0.3) is 0 Å². The highest BCUT2D eigenvalue weighted by atomic mass is 16.3. The first-order valence-corrected chi connectivity index (χ1v) is 5.50. The van der Waals surface area contributed by atoms with Gasteiger partial charge in [-0.2, -0.15) is 0 Å². The maximum absolute atomic E-state index is 5.46. The van der Waals surface area contributed by atoms with Crippen LogP contribution in [0.3, 0.4) is 0 Å². The summed E-state index contributed by atoms with van der Waals surface area (Å²) < 4.78 is 5.46.